The molecule has 17 heteroatoms. The molecule has 7 N–H and O–H groups in total. The van der Waals surface area contributed by atoms with Crippen LogP contribution in [-0.2, 0) is 40.0 Å². The summed E-state index contributed by atoms with van der Waals surface area (Å²) in [6.45, 7) is 6.95. The highest BCUT2D eigenvalue weighted by atomic mass is 16.4. The van der Waals surface area contributed by atoms with Crippen LogP contribution in [0.25, 0.3) is 0 Å². The summed E-state index contributed by atoms with van der Waals surface area (Å²) in [5.41, 5.74) is 0.657. The number of nitrogens with one attached hydrogen (secondary N) is 4. The van der Waals surface area contributed by atoms with Crippen LogP contribution in [0.3, 0.4) is 0 Å². The molecular formula is C35H51N9O8. The van der Waals surface area contributed by atoms with Gasteiger partial charge in [0.2, 0.25) is 29.4 Å². The van der Waals surface area contributed by atoms with E-state index < -0.39 is 66.1 Å². The fourth-order valence-corrected chi connectivity index (χ4v) is 6.37. The van der Waals surface area contributed by atoms with Gasteiger partial charge in [0, 0.05) is 32.4 Å². The molecular weight excluding hydrogens is 674 g/mol. The van der Waals surface area contributed by atoms with Crippen LogP contribution >= 0.6 is 0 Å². The largest absolute Gasteiger partial charge is 0.480 e. The Labute approximate surface area is 303 Å². The van der Waals surface area contributed by atoms with Crippen LogP contribution in [0, 0.1) is 23.2 Å². The smallest absolute Gasteiger partial charge is 0.326 e. The lowest BCUT2D eigenvalue weighted by molar-refractivity contribution is -0.149. The van der Waals surface area contributed by atoms with Gasteiger partial charge >= 0.3 is 5.97 Å². The lowest BCUT2D eigenvalue weighted by atomic mass is 9.98. The van der Waals surface area contributed by atoms with Crippen LogP contribution in [0.5, 0.6) is 0 Å². The summed E-state index contributed by atoms with van der Waals surface area (Å²) in [5.74, 6) is -1.08. The number of benzene rings is 1. The Morgan fingerprint density at radius 3 is 2.23 bits per heavy atom. The first-order valence-electron chi connectivity index (χ1n) is 17.6. The molecule has 284 valence electrons. The van der Waals surface area contributed by atoms with Gasteiger partial charge in [0.25, 0.3) is 5.91 Å². The molecule has 0 saturated carbocycles. The first-order valence-corrected chi connectivity index (χ1v) is 17.6. The maximum absolute atomic E-state index is 14.0. The van der Waals surface area contributed by atoms with E-state index in [9.17, 15) is 38.7 Å². The van der Waals surface area contributed by atoms with Crippen molar-refractivity contribution in [2.75, 3.05) is 19.6 Å². The average Bonchev–Trinajstić information content (AvgIpc) is 3.46. The fraction of sp³-hybridized carbons (Fsp3) is 0.600. The summed E-state index contributed by atoms with van der Waals surface area (Å²) in [5, 5.41) is 31.5. The van der Waals surface area contributed by atoms with E-state index in [-0.39, 0.29) is 55.4 Å². The first-order chi connectivity index (χ1) is 24.6. The third kappa shape index (κ3) is 11.7. The Balaban J connectivity index is 1.63. The van der Waals surface area contributed by atoms with Crippen LogP contribution < -0.4 is 21.8 Å². The van der Waals surface area contributed by atoms with Crippen molar-refractivity contribution >= 4 is 47.1 Å². The molecule has 2 aliphatic heterocycles. The van der Waals surface area contributed by atoms with Gasteiger partial charge < -0.3 is 36.7 Å². The molecule has 2 fully saturated rings. The number of carboxylic acid groups (broad SMARTS) is 1. The van der Waals surface area contributed by atoms with E-state index in [1.54, 1.807) is 58.0 Å². The molecule has 0 aliphatic carbocycles. The van der Waals surface area contributed by atoms with E-state index in [1.807, 2.05) is 0 Å². The Kier molecular flexibility index (Phi) is 15.4. The summed E-state index contributed by atoms with van der Waals surface area (Å²) in [6.07, 6.45) is 2.17. The standard InChI is InChI=1S/C35H51N9O8/c1-20(2)29(39-28(46)13-9-8-12-27(36)41-42-37)32(48)40-30(21(3)4)34(50)44-18-23-14-15-43(33(49)25(44)17-23)19-26(45)31(47)38-24(35(51)52)16-22-10-6-5-7-11-22/h5-7,10-11,20-21,23-25,29-30H,8-9,12-19H2,1-4H3,(H,38,47)(H,39,46)(H,40,48)(H,51,52)(H3,36,37,41)/t23-,24?,25+,29?,30?/m1/s1. The number of amidine groups is 1. The number of unbranched alkanes of at least 4 members (excludes halogenated alkanes) is 1. The molecule has 0 radical (unpaired) electrons. The maximum Gasteiger partial charge on any atom is 0.326 e. The average molecular weight is 726 g/mol. The SMILES string of the molecule is CC(C)C(NC(=O)CCCCC(=N)N=NN)C(=O)NC(C(=O)N1C[C@@H]2CCN(CC(=O)C(=O)NC(Cc3ccccc3)C(=O)O)C(=O)[C@@H]1C2)C(C)C. The molecule has 2 saturated heterocycles. The molecule has 2 aliphatic rings. The number of fused-ring (bicyclic) bond motifs is 2. The number of nitrogens with zero attached hydrogens (tertiary/aromatic N) is 4. The first kappa shape index (κ1) is 41.2. The molecule has 17 nitrogen and oxygen atoms in total. The van der Waals surface area contributed by atoms with Gasteiger partial charge in [-0.15, -0.1) is 5.11 Å². The molecule has 2 bridgehead atoms. The van der Waals surface area contributed by atoms with E-state index in [0.717, 1.165) is 0 Å². The minimum atomic E-state index is -1.35. The zero-order chi connectivity index (χ0) is 38.5. The van der Waals surface area contributed by atoms with E-state index in [1.165, 1.54) is 9.80 Å². The number of carbonyl (C=O) groups is 7. The second-order valence-corrected chi connectivity index (χ2v) is 14.0. The molecule has 0 aromatic heterocycles. The van der Waals surface area contributed by atoms with E-state index in [4.69, 9.17) is 11.3 Å². The van der Waals surface area contributed by atoms with Gasteiger partial charge in [0.05, 0.1) is 6.54 Å². The van der Waals surface area contributed by atoms with Crippen LogP contribution in [0.2, 0.25) is 0 Å². The number of nitrogens with two attached hydrogens (primary N) is 1. The molecule has 0 spiro atoms. The monoisotopic (exact) mass is 725 g/mol. The number of hydrogen-bond acceptors (Lipinski definition) is 9. The summed E-state index contributed by atoms with van der Waals surface area (Å²) < 4.78 is 0. The number of carbonyl (C=O) groups excluding carboxylic acids is 6. The summed E-state index contributed by atoms with van der Waals surface area (Å²) in [7, 11) is 0. The molecule has 52 heavy (non-hydrogen) atoms. The van der Waals surface area contributed by atoms with Crippen molar-refractivity contribution < 1.29 is 38.7 Å². The minimum absolute atomic E-state index is 0.000383. The maximum atomic E-state index is 14.0. The second kappa shape index (κ2) is 19.4. The van der Waals surface area contributed by atoms with Gasteiger partial charge in [-0.3, -0.25) is 34.2 Å². The van der Waals surface area contributed by atoms with E-state index >= 15 is 0 Å². The number of aliphatic carboxylic acids is 1. The van der Waals surface area contributed by atoms with Crippen molar-refractivity contribution in [3.05, 3.63) is 35.9 Å². The Hall–Kier alpha value is -5.22. The van der Waals surface area contributed by atoms with Crippen LogP contribution in [0.15, 0.2) is 40.7 Å². The Bertz CT molecular complexity index is 1520. The highest BCUT2D eigenvalue weighted by Gasteiger charge is 2.46. The Morgan fingerprint density at radius 2 is 1.62 bits per heavy atom. The normalized spacial score (nSPS) is 18.8. The van der Waals surface area contributed by atoms with Crippen LogP contribution in [0.4, 0.5) is 0 Å². The minimum Gasteiger partial charge on any atom is -0.480 e. The molecule has 1 aromatic rings. The molecule has 1 aromatic carbocycles. The number of ketones is 1. The predicted molar refractivity (Wildman–Crippen MR) is 188 cm³/mol. The van der Waals surface area contributed by atoms with Crippen molar-refractivity contribution in [2.45, 2.75) is 96.8 Å². The van der Waals surface area contributed by atoms with E-state index in [2.05, 4.69) is 26.3 Å². The highest BCUT2D eigenvalue weighted by molar-refractivity contribution is 6.37. The predicted octanol–water partition coefficient (Wildman–Crippen LogP) is 0.962. The third-order valence-corrected chi connectivity index (χ3v) is 9.29. The number of amides is 5. The summed E-state index contributed by atoms with van der Waals surface area (Å²) >= 11 is 0. The molecule has 3 unspecified atom stereocenters. The van der Waals surface area contributed by atoms with Crippen molar-refractivity contribution in [1.82, 2.24) is 25.8 Å². The molecule has 3 rings (SSSR count). The van der Waals surface area contributed by atoms with Gasteiger partial charge in [0.1, 0.15) is 30.0 Å². The van der Waals surface area contributed by atoms with E-state index in [0.29, 0.717) is 37.7 Å². The van der Waals surface area contributed by atoms with Crippen molar-refractivity contribution in [2.24, 2.45) is 33.9 Å². The van der Waals surface area contributed by atoms with Crippen LogP contribution in [-0.4, -0.2) is 106 Å². The number of rotatable bonds is 18. The van der Waals surface area contributed by atoms with Gasteiger partial charge in [-0.25, -0.2) is 4.79 Å². The Morgan fingerprint density at radius 1 is 0.962 bits per heavy atom. The van der Waals surface area contributed by atoms with Crippen molar-refractivity contribution in [3.8, 4) is 0 Å². The zero-order valence-corrected chi connectivity index (χ0v) is 30.2. The van der Waals surface area contributed by atoms with Crippen LogP contribution in [0.1, 0.15) is 71.8 Å². The summed E-state index contributed by atoms with van der Waals surface area (Å²) in [4.78, 5) is 94.2. The summed E-state index contributed by atoms with van der Waals surface area (Å²) in [6, 6.07) is 4.43. The van der Waals surface area contributed by atoms with Crippen molar-refractivity contribution in [3.63, 3.8) is 0 Å². The highest BCUT2D eigenvalue weighted by Crippen LogP contribution is 2.32. The van der Waals surface area contributed by atoms with Gasteiger partial charge in [-0.2, -0.15) is 0 Å². The lowest BCUT2D eigenvalue weighted by Gasteiger charge is -2.34. The molecule has 5 amide bonds. The molecule has 5 atom stereocenters. The third-order valence-electron chi connectivity index (χ3n) is 9.29. The number of hydrogen-bond donors (Lipinski definition) is 6. The van der Waals surface area contributed by atoms with Gasteiger partial charge in [-0.1, -0.05) is 63.3 Å². The van der Waals surface area contributed by atoms with Crippen molar-refractivity contribution in [1.29, 1.82) is 5.41 Å². The number of likely N-dealkylation sites (tertiary alicyclic amines) is 2. The van der Waals surface area contributed by atoms with Gasteiger partial charge in [-0.05, 0) is 49.0 Å². The fourth-order valence-electron chi connectivity index (χ4n) is 6.37. The second-order valence-electron chi connectivity index (χ2n) is 14.0. The molecule has 2 heterocycles. The lowest BCUT2D eigenvalue weighted by Crippen LogP contribution is -2.59. The quantitative estimate of drug-likeness (QED) is 0.0239. The number of carboxylic acids is 1. The zero-order valence-electron chi connectivity index (χ0n) is 30.2. The topological polar surface area (TPSA) is 257 Å². The van der Waals surface area contributed by atoms with Gasteiger partial charge in [0.15, 0.2) is 0 Å². The number of Topliss-reactive ketones (excluding diaryl/α,β-unsaturated/α-hetero) is 1.